The van der Waals surface area contributed by atoms with Crippen LogP contribution in [0.2, 0.25) is 0 Å². The minimum atomic E-state index is -0.672. The number of nitrogens with zero attached hydrogens (tertiary/aromatic N) is 4. The molecular formula is C24H34N4O2S. The van der Waals surface area contributed by atoms with Crippen molar-refractivity contribution >= 4 is 23.1 Å². The lowest BCUT2D eigenvalue weighted by Gasteiger charge is -2.42. The number of anilines is 1. The van der Waals surface area contributed by atoms with E-state index in [1.165, 1.54) is 24.1 Å². The largest absolute Gasteiger partial charge is 0.481 e. The number of hydrogen-bond donors (Lipinski definition) is 1. The molecule has 0 saturated carbocycles. The molecule has 0 unspecified atom stereocenters. The second-order valence-corrected chi connectivity index (χ2v) is 11.2. The molecule has 1 N–H and O–H groups in total. The molecule has 2 saturated heterocycles. The quantitative estimate of drug-likeness (QED) is 0.720. The highest BCUT2D eigenvalue weighted by Crippen LogP contribution is 2.37. The summed E-state index contributed by atoms with van der Waals surface area (Å²) in [4.78, 5) is 28.1. The predicted octanol–water partition coefficient (Wildman–Crippen LogP) is 4.76. The van der Waals surface area contributed by atoms with Gasteiger partial charge in [-0.05, 0) is 55.2 Å². The summed E-state index contributed by atoms with van der Waals surface area (Å²) in [5.41, 5.74) is 0.107. The lowest BCUT2D eigenvalue weighted by molar-refractivity contribution is -0.145. The van der Waals surface area contributed by atoms with Crippen LogP contribution in [0.25, 0.3) is 10.7 Å². The Bertz CT molecular complexity index is 901. The molecule has 4 rings (SSSR count). The number of aliphatic carboxylic acids is 1. The van der Waals surface area contributed by atoms with Crippen LogP contribution in [0.1, 0.15) is 51.3 Å². The van der Waals surface area contributed by atoms with E-state index in [0.717, 1.165) is 49.1 Å². The molecule has 0 amide bonds. The van der Waals surface area contributed by atoms with Gasteiger partial charge in [-0.1, -0.05) is 20.8 Å². The van der Waals surface area contributed by atoms with Gasteiger partial charge in [-0.25, -0.2) is 9.97 Å². The van der Waals surface area contributed by atoms with E-state index in [1.807, 2.05) is 12.3 Å². The Morgan fingerprint density at radius 3 is 2.65 bits per heavy atom. The van der Waals surface area contributed by atoms with E-state index in [4.69, 9.17) is 4.98 Å². The summed E-state index contributed by atoms with van der Waals surface area (Å²) in [5.74, 6) is 1.23. The van der Waals surface area contributed by atoms with Gasteiger partial charge < -0.3 is 10.0 Å². The van der Waals surface area contributed by atoms with E-state index in [1.54, 1.807) is 11.3 Å². The Morgan fingerprint density at radius 2 is 1.94 bits per heavy atom. The van der Waals surface area contributed by atoms with E-state index < -0.39 is 5.97 Å². The van der Waals surface area contributed by atoms with Crippen molar-refractivity contribution in [3.63, 3.8) is 0 Å². The van der Waals surface area contributed by atoms with Gasteiger partial charge in [-0.3, -0.25) is 9.69 Å². The van der Waals surface area contributed by atoms with Crippen molar-refractivity contribution in [1.82, 2.24) is 14.9 Å². The van der Waals surface area contributed by atoms with Crippen molar-refractivity contribution in [2.24, 2.45) is 17.3 Å². The number of piperidine rings is 2. The molecule has 2 aromatic rings. The molecule has 2 aromatic heterocycles. The molecule has 0 aromatic carbocycles. The first-order valence-corrected chi connectivity index (χ1v) is 12.2. The highest BCUT2D eigenvalue weighted by molar-refractivity contribution is 7.15. The fourth-order valence-electron chi connectivity index (χ4n) is 4.70. The van der Waals surface area contributed by atoms with Gasteiger partial charge in [-0.15, -0.1) is 11.3 Å². The number of carboxylic acids is 1. The van der Waals surface area contributed by atoms with Gasteiger partial charge in [0.2, 0.25) is 0 Å². The number of likely N-dealkylation sites (tertiary alicyclic amines) is 1. The lowest BCUT2D eigenvalue weighted by atomic mass is 9.73. The molecule has 168 valence electrons. The minimum absolute atomic E-state index is 0.107. The Morgan fingerprint density at radius 1 is 1.16 bits per heavy atom. The number of thiophene rings is 1. The summed E-state index contributed by atoms with van der Waals surface area (Å²) in [6.07, 6.45) is 6.39. The van der Waals surface area contributed by atoms with Crippen molar-refractivity contribution in [2.45, 2.75) is 53.0 Å². The van der Waals surface area contributed by atoms with Crippen LogP contribution in [0.5, 0.6) is 0 Å². The monoisotopic (exact) mass is 442 g/mol. The van der Waals surface area contributed by atoms with E-state index in [2.05, 4.69) is 47.7 Å². The highest BCUT2D eigenvalue weighted by atomic mass is 32.1. The molecule has 0 spiro atoms. The minimum Gasteiger partial charge on any atom is -0.481 e. The molecule has 4 heterocycles. The molecule has 2 atom stereocenters. The molecular weight excluding hydrogens is 408 g/mol. The van der Waals surface area contributed by atoms with Crippen molar-refractivity contribution < 1.29 is 9.90 Å². The van der Waals surface area contributed by atoms with Crippen LogP contribution >= 0.6 is 11.3 Å². The number of carbonyl (C=O) groups is 1. The predicted molar refractivity (Wildman–Crippen MR) is 125 cm³/mol. The number of rotatable bonds is 5. The van der Waals surface area contributed by atoms with E-state index in [9.17, 15) is 9.90 Å². The zero-order valence-electron chi connectivity index (χ0n) is 18.9. The van der Waals surface area contributed by atoms with Crippen molar-refractivity contribution in [2.75, 3.05) is 31.1 Å². The van der Waals surface area contributed by atoms with Crippen LogP contribution in [-0.4, -0.2) is 52.1 Å². The maximum absolute atomic E-state index is 11.7. The van der Waals surface area contributed by atoms with E-state index >= 15 is 0 Å². The molecule has 2 aliphatic heterocycles. The van der Waals surface area contributed by atoms with Crippen LogP contribution in [-0.2, 0) is 11.3 Å². The third-order valence-electron chi connectivity index (χ3n) is 6.68. The molecule has 0 radical (unpaired) electrons. The van der Waals surface area contributed by atoms with Crippen molar-refractivity contribution in [3.05, 3.63) is 29.3 Å². The van der Waals surface area contributed by atoms with Gasteiger partial charge in [0.15, 0.2) is 5.82 Å². The molecule has 0 aliphatic carbocycles. The Labute approximate surface area is 189 Å². The zero-order chi connectivity index (χ0) is 22.0. The second-order valence-electron chi connectivity index (χ2n) is 10.1. The molecule has 2 aliphatic rings. The maximum Gasteiger partial charge on any atom is 0.307 e. The van der Waals surface area contributed by atoms with Gasteiger partial charge in [-0.2, -0.15) is 0 Å². The third kappa shape index (κ3) is 5.44. The van der Waals surface area contributed by atoms with Gasteiger partial charge in [0.05, 0.1) is 10.8 Å². The number of carboxylic acid groups (broad SMARTS) is 1. The molecule has 0 bridgehead atoms. The first-order chi connectivity index (χ1) is 14.8. The summed E-state index contributed by atoms with van der Waals surface area (Å²) in [6.45, 7) is 11.1. The third-order valence-corrected chi connectivity index (χ3v) is 7.75. The number of aromatic nitrogens is 2. The summed E-state index contributed by atoms with van der Waals surface area (Å²) in [5, 5.41) is 9.65. The second kappa shape index (κ2) is 9.25. The fraction of sp³-hybridized carbons (Fsp3) is 0.625. The maximum atomic E-state index is 11.7. The van der Waals surface area contributed by atoms with Crippen LogP contribution in [0.4, 0.5) is 5.82 Å². The van der Waals surface area contributed by atoms with Gasteiger partial charge in [0.1, 0.15) is 5.82 Å². The van der Waals surface area contributed by atoms with Crippen LogP contribution in [0.3, 0.4) is 0 Å². The van der Waals surface area contributed by atoms with E-state index in [-0.39, 0.29) is 11.3 Å². The van der Waals surface area contributed by atoms with Crippen molar-refractivity contribution in [1.29, 1.82) is 0 Å². The Kier molecular flexibility index (Phi) is 6.63. The molecule has 31 heavy (non-hydrogen) atoms. The first-order valence-electron chi connectivity index (χ1n) is 11.4. The normalized spacial score (nSPS) is 23.1. The highest BCUT2D eigenvalue weighted by Gasteiger charge is 2.37. The summed E-state index contributed by atoms with van der Waals surface area (Å²) < 4.78 is 0. The molecule has 6 nitrogen and oxygen atoms in total. The topological polar surface area (TPSA) is 69.6 Å². The molecule has 2 fully saturated rings. The van der Waals surface area contributed by atoms with Gasteiger partial charge in [0.25, 0.3) is 0 Å². The SMILES string of the molecule is CC(C)(C)[C@@H]1C[C@@H](C(=O)O)CN(Cc2ccc(-c3nccc(N4CCCCC4)n3)s2)C1. The first kappa shape index (κ1) is 22.2. The van der Waals surface area contributed by atoms with Crippen LogP contribution in [0, 0.1) is 17.3 Å². The smallest absolute Gasteiger partial charge is 0.307 e. The standard InChI is InChI=1S/C24H34N4O2S/c1-24(2,3)18-13-17(23(29)30)14-27(15-18)16-19-7-8-20(31-19)22-25-10-9-21(26-22)28-11-5-4-6-12-28/h7-10,17-18H,4-6,11-16H2,1-3H3,(H,29,30)/t17-,18-/m1/s1. The average molecular weight is 443 g/mol. The van der Waals surface area contributed by atoms with Crippen LogP contribution < -0.4 is 4.90 Å². The summed E-state index contributed by atoms with van der Waals surface area (Å²) in [6, 6.07) is 6.26. The molecule has 7 heteroatoms. The van der Waals surface area contributed by atoms with Crippen LogP contribution in [0.15, 0.2) is 24.4 Å². The lowest BCUT2D eigenvalue weighted by Crippen LogP contribution is -2.46. The summed E-state index contributed by atoms with van der Waals surface area (Å²) >= 11 is 1.72. The number of hydrogen-bond acceptors (Lipinski definition) is 6. The van der Waals surface area contributed by atoms with Gasteiger partial charge in [0, 0.05) is 43.8 Å². The van der Waals surface area contributed by atoms with E-state index in [0.29, 0.717) is 12.5 Å². The van der Waals surface area contributed by atoms with Crippen molar-refractivity contribution in [3.8, 4) is 10.7 Å². The summed E-state index contributed by atoms with van der Waals surface area (Å²) in [7, 11) is 0. The fourth-order valence-corrected chi connectivity index (χ4v) is 5.69. The average Bonchev–Trinajstić information content (AvgIpc) is 3.22. The Hall–Kier alpha value is -1.99. The van der Waals surface area contributed by atoms with Gasteiger partial charge >= 0.3 is 5.97 Å². The Balaban J connectivity index is 1.47. The zero-order valence-corrected chi connectivity index (χ0v) is 19.7.